The summed E-state index contributed by atoms with van der Waals surface area (Å²) in [4.78, 5) is 24.3. The van der Waals surface area contributed by atoms with E-state index in [4.69, 9.17) is 0 Å². The van der Waals surface area contributed by atoms with E-state index in [-0.39, 0.29) is 5.91 Å². The zero-order valence-corrected chi connectivity index (χ0v) is 11.2. The molecular weight excluding hydrogens is 248 g/mol. The van der Waals surface area contributed by atoms with Crippen molar-refractivity contribution in [2.45, 2.75) is 33.0 Å². The van der Waals surface area contributed by atoms with E-state index in [9.17, 15) is 9.59 Å². The van der Waals surface area contributed by atoms with Crippen LogP contribution in [0.3, 0.4) is 0 Å². The lowest BCUT2D eigenvalue weighted by Crippen LogP contribution is -2.28. The molecule has 0 radical (unpaired) electrons. The Hall–Kier alpha value is -2.05. The highest BCUT2D eigenvalue weighted by Gasteiger charge is 2.18. The lowest BCUT2D eigenvalue weighted by atomic mass is 10.3. The summed E-state index contributed by atoms with van der Waals surface area (Å²) in [6.45, 7) is 4.02. The summed E-state index contributed by atoms with van der Waals surface area (Å²) in [5.74, 6) is 0.0730. The second-order valence-electron chi connectivity index (χ2n) is 4.49. The first kappa shape index (κ1) is 13.4. The SMILES string of the molecule is COC(=O)NCc1cc2n(n1)CCCN(C(C)=O)C2. The van der Waals surface area contributed by atoms with Crippen LogP contribution in [0.25, 0.3) is 0 Å². The number of rotatable bonds is 2. The highest BCUT2D eigenvalue weighted by atomic mass is 16.5. The molecule has 104 valence electrons. The minimum Gasteiger partial charge on any atom is -0.453 e. The standard InChI is InChI=1S/C12H18N4O3/c1-9(17)15-4-3-5-16-11(8-15)6-10(14-16)7-13-12(18)19-2/h6H,3-5,7-8H2,1-2H3,(H,13,18). The Morgan fingerprint density at radius 3 is 2.95 bits per heavy atom. The highest BCUT2D eigenvalue weighted by molar-refractivity contribution is 5.73. The van der Waals surface area contributed by atoms with E-state index < -0.39 is 6.09 Å². The molecule has 0 saturated heterocycles. The molecule has 7 nitrogen and oxygen atoms in total. The largest absolute Gasteiger partial charge is 0.453 e. The summed E-state index contributed by atoms with van der Waals surface area (Å²) in [7, 11) is 1.32. The quantitative estimate of drug-likeness (QED) is 0.845. The van der Waals surface area contributed by atoms with Crippen molar-refractivity contribution < 1.29 is 14.3 Å². The minimum atomic E-state index is -0.478. The van der Waals surface area contributed by atoms with Gasteiger partial charge in [0.1, 0.15) is 0 Å². The summed E-state index contributed by atoms with van der Waals surface area (Å²) in [6, 6.07) is 1.91. The summed E-state index contributed by atoms with van der Waals surface area (Å²) >= 11 is 0. The van der Waals surface area contributed by atoms with E-state index in [0.29, 0.717) is 13.1 Å². The van der Waals surface area contributed by atoms with Crippen molar-refractivity contribution in [1.82, 2.24) is 20.0 Å². The fourth-order valence-corrected chi connectivity index (χ4v) is 2.11. The summed E-state index contributed by atoms with van der Waals surface area (Å²) in [5, 5.41) is 7.01. The number of aryl methyl sites for hydroxylation is 1. The van der Waals surface area contributed by atoms with Crippen molar-refractivity contribution in [2.24, 2.45) is 0 Å². The second-order valence-corrected chi connectivity index (χ2v) is 4.49. The number of amides is 2. The smallest absolute Gasteiger partial charge is 0.407 e. The Balaban J connectivity index is 2.05. The van der Waals surface area contributed by atoms with E-state index in [1.165, 1.54) is 7.11 Å². The maximum absolute atomic E-state index is 11.4. The normalized spacial score (nSPS) is 14.5. The van der Waals surface area contributed by atoms with Crippen LogP contribution in [0.15, 0.2) is 6.07 Å². The Kier molecular flexibility index (Phi) is 4.03. The number of ether oxygens (including phenoxy) is 1. The maximum Gasteiger partial charge on any atom is 0.407 e. The van der Waals surface area contributed by atoms with Crippen molar-refractivity contribution >= 4 is 12.0 Å². The van der Waals surface area contributed by atoms with Crippen molar-refractivity contribution in [2.75, 3.05) is 13.7 Å². The van der Waals surface area contributed by atoms with E-state index in [2.05, 4.69) is 15.2 Å². The molecule has 0 spiro atoms. The first-order valence-electron chi connectivity index (χ1n) is 6.23. The highest BCUT2D eigenvalue weighted by Crippen LogP contribution is 2.13. The molecule has 0 fully saturated rings. The number of methoxy groups -OCH3 is 1. The summed E-state index contributed by atoms with van der Waals surface area (Å²) < 4.78 is 6.41. The molecule has 19 heavy (non-hydrogen) atoms. The van der Waals surface area contributed by atoms with Crippen molar-refractivity contribution in [3.05, 3.63) is 17.5 Å². The maximum atomic E-state index is 11.4. The van der Waals surface area contributed by atoms with Crippen LogP contribution in [0.2, 0.25) is 0 Å². The fourth-order valence-electron chi connectivity index (χ4n) is 2.11. The fraction of sp³-hybridized carbons (Fsp3) is 0.583. The van der Waals surface area contributed by atoms with E-state index >= 15 is 0 Å². The van der Waals surface area contributed by atoms with Crippen molar-refractivity contribution in [3.63, 3.8) is 0 Å². The van der Waals surface area contributed by atoms with Gasteiger partial charge >= 0.3 is 6.09 Å². The number of nitrogens with one attached hydrogen (secondary N) is 1. The monoisotopic (exact) mass is 266 g/mol. The van der Waals surface area contributed by atoms with Gasteiger partial charge in [0.25, 0.3) is 0 Å². The Morgan fingerprint density at radius 2 is 2.26 bits per heavy atom. The first-order valence-corrected chi connectivity index (χ1v) is 6.23. The van der Waals surface area contributed by atoms with Gasteiger partial charge in [-0.2, -0.15) is 5.10 Å². The molecule has 1 aromatic rings. The van der Waals surface area contributed by atoms with Crippen molar-refractivity contribution in [1.29, 1.82) is 0 Å². The molecule has 0 bridgehead atoms. The lowest BCUT2D eigenvalue weighted by molar-refractivity contribution is -0.129. The van der Waals surface area contributed by atoms with Crippen LogP contribution in [0.4, 0.5) is 4.79 Å². The third kappa shape index (κ3) is 3.24. The van der Waals surface area contributed by atoms with Crippen LogP contribution < -0.4 is 5.32 Å². The Morgan fingerprint density at radius 1 is 1.47 bits per heavy atom. The second kappa shape index (κ2) is 5.73. The molecule has 1 aromatic heterocycles. The van der Waals surface area contributed by atoms with E-state index in [1.807, 2.05) is 10.7 Å². The third-order valence-electron chi connectivity index (χ3n) is 3.11. The molecule has 1 N–H and O–H groups in total. The number of fused-ring (bicyclic) bond motifs is 1. The van der Waals surface area contributed by atoms with Gasteiger partial charge < -0.3 is 15.0 Å². The molecule has 2 heterocycles. The number of nitrogens with zero attached hydrogens (tertiary/aromatic N) is 3. The molecule has 0 unspecified atom stereocenters. The Bertz CT molecular complexity index is 483. The van der Waals surface area contributed by atoms with Gasteiger partial charge in [-0.25, -0.2) is 4.79 Å². The lowest BCUT2D eigenvalue weighted by Gasteiger charge is -2.17. The van der Waals surface area contributed by atoms with Crippen LogP contribution in [-0.4, -0.2) is 40.3 Å². The molecule has 0 atom stereocenters. The van der Waals surface area contributed by atoms with Crippen LogP contribution in [-0.2, 0) is 29.2 Å². The van der Waals surface area contributed by atoms with Crippen LogP contribution >= 0.6 is 0 Å². The van der Waals surface area contributed by atoms with E-state index in [1.54, 1.807) is 11.8 Å². The van der Waals surface area contributed by atoms with Gasteiger partial charge in [-0.05, 0) is 12.5 Å². The molecule has 1 aliphatic rings. The van der Waals surface area contributed by atoms with Crippen LogP contribution in [0.5, 0.6) is 0 Å². The Labute approximate surface area is 111 Å². The van der Waals surface area contributed by atoms with Gasteiger partial charge in [0.2, 0.25) is 5.91 Å². The van der Waals surface area contributed by atoms with Crippen molar-refractivity contribution in [3.8, 4) is 0 Å². The first-order chi connectivity index (χ1) is 9.10. The molecule has 7 heteroatoms. The van der Waals surface area contributed by atoms with Gasteiger partial charge in [-0.3, -0.25) is 9.48 Å². The number of alkyl carbamates (subject to hydrolysis) is 1. The predicted molar refractivity (Wildman–Crippen MR) is 67.2 cm³/mol. The molecule has 0 aromatic carbocycles. The average molecular weight is 266 g/mol. The molecule has 2 rings (SSSR count). The average Bonchev–Trinajstić information content (AvgIpc) is 2.66. The summed E-state index contributed by atoms with van der Waals surface area (Å²) in [5.41, 5.74) is 1.76. The predicted octanol–water partition coefficient (Wildman–Crippen LogP) is 0.491. The van der Waals surface area contributed by atoms with Crippen LogP contribution in [0, 0.1) is 0 Å². The number of hydrogen-bond donors (Lipinski definition) is 1. The van der Waals surface area contributed by atoms with E-state index in [0.717, 1.165) is 30.9 Å². The van der Waals surface area contributed by atoms with Gasteiger partial charge in [0.05, 0.1) is 31.6 Å². The molecular formula is C12H18N4O3. The van der Waals surface area contributed by atoms with Gasteiger partial charge in [0.15, 0.2) is 0 Å². The number of aromatic nitrogens is 2. The van der Waals surface area contributed by atoms with Gasteiger partial charge in [-0.15, -0.1) is 0 Å². The third-order valence-corrected chi connectivity index (χ3v) is 3.11. The molecule has 0 aliphatic carbocycles. The topological polar surface area (TPSA) is 76.5 Å². The zero-order valence-electron chi connectivity index (χ0n) is 11.2. The minimum absolute atomic E-state index is 0.0730. The van der Waals surface area contributed by atoms with Gasteiger partial charge in [-0.1, -0.05) is 0 Å². The molecule has 1 aliphatic heterocycles. The number of carbonyl (C=O) groups is 2. The van der Waals surface area contributed by atoms with Gasteiger partial charge in [0, 0.05) is 20.0 Å². The van der Waals surface area contributed by atoms with Crippen LogP contribution in [0.1, 0.15) is 24.7 Å². The number of hydrogen-bond acceptors (Lipinski definition) is 4. The molecule has 2 amide bonds. The summed E-state index contributed by atoms with van der Waals surface area (Å²) in [6.07, 6.45) is 0.409. The zero-order chi connectivity index (χ0) is 13.8. The molecule has 0 saturated carbocycles. The number of carbonyl (C=O) groups excluding carboxylic acids is 2.